The molecule has 2 atom stereocenters. The van der Waals surface area contributed by atoms with E-state index in [-0.39, 0.29) is 18.0 Å². The molecule has 1 saturated heterocycles. The Kier molecular flexibility index (Phi) is 3.62. The van der Waals surface area contributed by atoms with Gasteiger partial charge in [0.15, 0.2) is 0 Å². The van der Waals surface area contributed by atoms with Crippen LogP contribution in [-0.4, -0.2) is 37.4 Å². The van der Waals surface area contributed by atoms with Gasteiger partial charge in [-0.15, -0.1) is 0 Å². The van der Waals surface area contributed by atoms with Crippen LogP contribution in [0.5, 0.6) is 5.88 Å². The molecule has 21 heavy (non-hydrogen) atoms. The molecule has 0 aromatic carbocycles. The molecule has 0 amide bonds. The van der Waals surface area contributed by atoms with Gasteiger partial charge in [-0.05, 0) is 18.1 Å². The molecule has 2 aliphatic heterocycles. The van der Waals surface area contributed by atoms with Gasteiger partial charge in [0.05, 0.1) is 25.9 Å². The van der Waals surface area contributed by atoms with Gasteiger partial charge in [-0.2, -0.15) is 13.2 Å². The van der Waals surface area contributed by atoms with Gasteiger partial charge in [-0.1, -0.05) is 6.08 Å². The summed E-state index contributed by atoms with van der Waals surface area (Å²) >= 11 is 0. The smallest absolute Gasteiger partial charge is 0.417 e. The molecule has 2 bridgehead atoms. The Morgan fingerprint density at radius 3 is 2.86 bits per heavy atom. The Morgan fingerprint density at radius 1 is 1.38 bits per heavy atom. The predicted octanol–water partition coefficient (Wildman–Crippen LogP) is 2.25. The number of pyridine rings is 1. The van der Waals surface area contributed by atoms with Crippen molar-refractivity contribution in [2.24, 2.45) is 0 Å². The molecule has 1 aromatic heterocycles. The number of fused-ring (bicyclic) bond motifs is 2. The first-order chi connectivity index (χ1) is 9.97. The van der Waals surface area contributed by atoms with E-state index < -0.39 is 11.7 Å². The normalized spacial score (nSPS) is 25.4. The van der Waals surface area contributed by atoms with Crippen LogP contribution in [0.25, 0.3) is 5.57 Å². The van der Waals surface area contributed by atoms with Crippen molar-refractivity contribution in [2.75, 3.05) is 20.3 Å². The number of morpholine rings is 1. The molecule has 2 unspecified atom stereocenters. The van der Waals surface area contributed by atoms with Crippen molar-refractivity contribution in [3.63, 3.8) is 0 Å². The second-order valence-corrected chi connectivity index (χ2v) is 5.18. The quantitative estimate of drug-likeness (QED) is 0.910. The fraction of sp³-hybridized carbons (Fsp3) is 0.500. The highest BCUT2D eigenvalue weighted by atomic mass is 19.4. The molecule has 2 aliphatic rings. The lowest BCUT2D eigenvalue weighted by molar-refractivity contribution is -0.137. The SMILES string of the molecule is COc1ncc(C(F)(F)F)cc1C1=CC2COCC(C1)N2. The number of hydrogen-bond donors (Lipinski definition) is 1. The number of hydrogen-bond acceptors (Lipinski definition) is 4. The second-order valence-electron chi connectivity index (χ2n) is 5.18. The minimum absolute atomic E-state index is 0.0201. The third kappa shape index (κ3) is 2.89. The molecule has 1 fully saturated rings. The zero-order chi connectivity index (χ0) is 15.0. The van der Waals surface area contributed by atoms with Crippen molar-refractivity contribution in [1.29, 1.82) is 0 Å². The number of methoxy groups -OCH3 is 1. The van der Waals surface area contributed by atoms with E-state index in [0.717, 1.165) is 17.8 Å². The van der Waals surface area contributed by atoms with E-state index in [9.17, 15) is 13.2 Å². The lowest BCUT2D eigenvalue weighted by Crippen LogP contribution is -2.50. The summed E-state index contributed by atoms with van der Waals surface area (Å²) in [7, 11) is 1.41. The first kappa shape index (κ1) is 14.3. The van der Waals surface area contributed by atoms with Gasteiger partial charge in [0.25, 0.3) is 0 Å². The van der Waals surface area contributed by atoms with E-state index in [0.29, 0.717) is 25.2 Å². The Hall–Kier alpha value is -1.60. The van der Waals surface area contributed by atoms with Gasteiger partial charge < -0.3 is 14.8 Å². The van der Waals surface area contributed by atoms with Crippen LogP contribution in [0.3, 0.4) is 0 Å². The van der Waals surface area contributed by atoms with Crippen LogP contribution in [0.15, 0.2) is 18.3 Å². The number of aromatic nitrogens is 1. The number of rotatable bonds is 2. The average Bonchev–Trinajstić information content (AvgIpc) is 2.45. The van der Waals surface area contributed by atoms with Gasteiger partial charge in [-0.3, -0.25) is 0 Å². The zero-order valence-electron chi connectivity index (χ0n) is 11.4. The summed E-state index contributed by atoms with van der Waals surface area (Å²) in [6.45, 7) is 1.08. The largest absolute Gasteiger partial charge is 0.481 e. The topological polar surface area (TPSA) is 43.4 Å². The lowest BCUT2D eigenvalue weighted by atomic mass is 9.91. The Bertz CT molecular complexity index is 572. The molecule has 0 saturated carbocycles. The van der Waals surface area contributed by atoms with Crippen LogP contribution in [0.1, 0.15) is 17.5 Å². The summed E-state index contributed by atoms with van der Waals surface area (Å²) < 4.78 is 49.1. The number of halogens is 3. The average molecular weight is 300 g/mol. The maximum absolute atomic E-state index is 12.9. The van der Waals surface area contributed by atoms with Crippen molar-refractivity contribution < 1.29 is 22.6 Å². The molecule has 3 rings (SSSR count). The summed E-state index contributed by atoms with van der Waals surface area (Å²) in [5.74, 6) is 0.218. The first-order valence-corrected chi connectivity index (χ1v) is 6.63. The maximum Gasteiger partial charge on any atom is 0.417 e. The van der Waals surface area contributed by atoms with Crippen LogP contribution in [-0.2, 0) is 10.9 Å². The van der Waals surface area contributed by atoms with Crippen molar-refractivity contribution in [2.45, 2.75) is 24.7 Å². The van der Waals surface area contributed by atoms with Crippen LogP contribution in [0, 0.1) is 0 Å². The monoisotopic (exact) mass is 300 g/mol. The van der Waals surface area contributed by atoms with Crippen LogP contribution >= 0.6 is 0 Å². The van der Waals surface area contributed by atoms with Gasteiger partial charge in [0, 0.05) is 23.8 Å². The van der Waals surface area contributed by atoms with Crippen LogP contribution < -0.4 is 10.1 Å². The molecule has 1 aromatic rings. The van der Waals surface area contributed by atoms with Gasteiger partial charge >= 0.3 is 6.18 Å². The van der Waals surface area contributed by atoms with Crippen molar-refractivity contribution in [3.8, 4) is 5.88 Å². The molecule has 7 heteroatoms. The highest BCUT2D eigenvalue weighted by Crippen LogP contribution is 2.36. The number of alkyl halides is 3. The summed E-state index contributed by atoms with van der Waals surface area (Å²) in [5.41, 5.74) is 0.465. The van der Waals surface area contributed by atoms with E-state index in [1.807, 2.05) is 6.08 Å². The van der Waals surface area contributed by atoms with E-state index in [2.05, 4.69) is 10.3 Å². The minimum atomic E-state index is -4.42. The van der Waals surface area contributed by atoms with Crippen LogP contribution in [0.2, 0.25) is 0 Å². The molecule has 4 nitrogen and oxygen atoms in total. The highest BCUT2D eigenvalue weighted by Gasteiger charge is 2.33. The first-order valence-electron chi connectivity index (χ1n) is 6.63. The Labute approximate surface area is 120 Å². The Morgan fingerprint density at radius 2 is 2.19 bits per heavy atom. The number of nitrogens with zero attached hydrogens (tertiary/aromatic N) is 1. The predicted molar refractivity (Wildman–Crippen MR) is 69.9 cm³/mol. The minimum Gasteiger partial charge on any atom is -0.481 e. The van der Waals surface area contributed by atoms with Crippen molar-refractivity contribution >= 4 is 5.57 Å². The molecule has 1 N–H and O–H groups in total. The number of ether oxygens (including phenoxy) is 2. The maximum atomic E-state index is 12.9. The van der Waals surface area contributed by atoms with Gasteiger partial charge in [-0.25, -0.2) is 4.98 Å². The molecule has 0 spiro atoms. The lowest BCUT2D eigenvalue weighted by Gasteiger charge is -2.35. The zero-order valence-corrected chi connectivity index (χ0v) is 11.4. The fourth-order valence-electron chi connectivity index (χ4n) is 2.73. The van der Waals surface area contributed by atoms with E-state index in [1.54, 1.807) is 0 Å². The summed E-state index contributed by atoms with van der Waals surface area (Å²) in [6, 6.07) is 1.24. The third-order valence-corrected chi connectivity index (χ3v) is 3.65. The molecule has 0 aliphatic carbocycles. The van der Waals surface area contributed by atoms with Gasteiger partial charge in [0.2, 0.25) is 5.88 Å². The summed E-state index contributed by atoms with van der Waals surface area (Å²) in [5, 5.41) is 3.35. The third-order valence-electron chi connectivity index (χ3n) is 3.65. The Balaban J connectivity index is 2.02. The van der Waals surface area contributed by atoms with E-state index >= 15 is 0 Å². The molecule has 0 radical (unpaired) electrons. The standard InChI is InChI=1S/C14H15F3N2O2/c1-20-13-12(4-9(5-18-13)14(15,16)17)8-2-10-6-21-7-11(3-8)19-10/h2,4-5,10-11,19H,3,6-7H2,1H3. The summed E-state index contributed by atoms with van der Waals surface area (Å²) in [6.07, 6.45) is -1.13. The molecular formula is C14H15F3N2O2. The van der Waals surface area contributed by atoms with Crippen molar-refractivity contribution in [1.82, 2.24) is 10.3 Å². The highest BCUT2D eigenvalue weighted by molar-refractivity contribution is 5.71. The van der Waals surface area contributed by atoms with Crippen LogP contribution in [0.4, 0.5) is 13.2 Å². The second kappa shape index (κ2) is 5.31. The van der Waals surface area contributed by atoms with E-state index in [1.165, 1.54) is 7.11 Å². The van der Waals surface area contributed by atoms with Gasteiger partial charge in [0.1, 0.15) is 0 Å². The molecule has 114 valence electrons. The van der Waals surface area contributed by atoms with Crippen molar-refractivity contribution in [3.05, 3.63) is 29.5 Å². The molecular weight excluding hydrogens is 285 g/mol. The fourth-order valence-corrected chi connectivity index (χ4v) is 2.73. The molecule has 3 heterocycles. The van der Waals surface area contributed by atoms with E-state index in [4.69, 9.17) is 9.47 Å². The number of nitrogens with one attached hydrogen (secondary N) is 1. The summed E-state index contributed by atoms with van der Waals surface area (Å²) in [4.78, 5) is 3.80.